The van der Waals surface area contributed by atoms with Crippen LogP contribution in [0.3, 0.4) is 0 Å². The van der Waals surface area contributed by atoms with E-state index in [0.29, 0.717) is 19.0 Å². The van der Waals surface area contributed by atoms with Crippen molar-refractivity contribution < 1.29 is 14.7 Å². The lowest BCUT2D eigenvalue weighted by Crippen LogP contribution is -2.54. The van der Waals surface area contributed by atoms with Gasteiger partial charge in [0.1, 0.15) is 0 Å². The second kappa shape index (κ2) is 6.77. The van der Waals surface area contributed by atoms with Crippen LogP contribution in [0.1, 0.15) is 46.0 Å². The van der Waals surface area contributed by atoms with Crippen LogP contribution in [0.25, 0.3) is 0 Å². The van der Waals surface area contributed by atoms with Gasteiger partial charge in [-0.15, -0.1) is 0 Å². The van der Waals surface area contributed by atoms with Crippen molar-refractivity contribution in [3.8, 4) is 0 Å². The lowest BCUT2D eigenvalue weighted by atomic mass is 9.81. The molecule has 3 atom stereocenters. The first-order chi connectivity index (χ1) is 9.91. The lowest BCUT2D eigenvalue weighted by Gasteiger charge is -2.41. The minimum absolute atomic E-state index is 0.0752. The number of hydrogen-bond donors (Lipinski definition) is 1. The minimum atomic E-state index is -0.781. The molecule has 0 aromatic rings. The SMILES string of the molecule is CC1CC(=O)N(CCN(C)C2CCCC2)C(C)C1C(=O)O. The molecule has 2 aliphatic rings. The van der Waals surface area contributed by atoms with Gasteiger partial charge >= 0.3 is 5.97 Å². The highest BCUT2D eigenvalue weighted by atomic mass is 16.4. The highest BCUT2D eigenvalue weighted by molar-refractivity contribution is 5.81. The number of likely N-dealkylation sites (tertiary alicyclic amines) is 1. The number of aliphatic carboxylic acids is 1. The maximum Gasteiger partial charge on any atom is 0.308 e. The van der Waals surface area contributed by atoms with Crippen molar-refractivity contribution in [3.63, 3.8) is 0 Å². The average Bonchev–Trinajstić information content (AvgIpc) is 2.90. The van der Waals surface area contributed by atoms with Crippen molar-refractivity contribution in [2.24, 2.45) is 11.8 Å². The molecule has 3 unspecified atom stereocenters. The van der Waals surface area contributed by atoms with E-state index >= 15 is 0 Å². The molecule has 0 bridgehead atoms. The Morgan fingerprint density at radius 2 is 1.95 bits per heavy atom. The molecule has 5 heteroatoms. The minimum Gasteiger partial charge on any atom is -0.481 e. The van der Waals surface area contributed by atoms with Gasteiger partial charge in [0, 0.05) is 31.6 Å². The van der Waals surface area contributed by atoms with E-state index in [4.69, 9.17) is 0 Å². The van der Waals surface area contributed by atoms with E-state index in [1.807, 2.05) is 13.8 Å². The van der Waals surface area contributed by atoms with Gasteiger partial charge in [0.25, 0.3) is 0 Å². The molecule has 0 radical (unpaired) electrons. The fraction of sp³-hybridized carbons (Fsp3) is 0.875. The molecule has 1 saturated heterocycles. The zero-order chi connectivity index (χ0) is 15.6. The van der Waals surface area contributed by atoms with Crippen molar-refractivity contribution in [2.45, 2.75) is 58.0 Å². The van der Waals surface area contributed by atoms with Crippen LogP contribution >= 0.6 is 0 Å². The number of carbonyl (C=O) groups is 2. The van der Waals surface area contributed by atoms with Gasteiger partial charge in [-0.2, -0.15) is 0 Å². The highest BCUT2D eigenvalue weighted by Crippen LogP contribution is 2.30. The number of likely N-dealkylation sites (N-methyl/N-ethyl adjacent to an activating group) is 1. The number of carboxylic acid groups (broad SMARTS) is 1. The zero-order valence-corrected chi connectivity index (χ0v) is 13.4. The van der Waals surface area contributed by atoms with E-state index in [0.717, 1.165) is 6.54 Å². The van der Waals surface area contributed by atoms with Gasteiger partial charge in [0.15, 0.2) is 0 Å². The number of hydrogen-bond acceptors (Lipinski definition) is 3. The summed E-state index contributed by atoms with van der Waals surface area (Å²) in [4.78, 5) is 27.8. The molecule has 1 saturated carbocycles. The molecule has 1 N–H and O–H groups in total. The standard InChI is InChI=1S/C16H28N2O3/c1-11-10-14(19)18(12(2)15(11)16(20)21)9-8-17(3)13-6-4-5-7-13/h11-13,15H,4-10H2,1-3H3,(H,20,21). The molecule has 1 aliphatic carbocycles. The second-order valence-electron chi connectivity index (χ2n) is 6.79. The van der Waals surface area contributed by atoms with Crippen molar-refractivity contribution in [1.29, 1.82) is 0 Å². The Hall–Kier alpha value is -1.10. The second-order valence-corrected chi connectivity index (χ2v) is 6.79. The maximum absolute atomic E-state index is 12.2. The van der Waals surface area contributed by atoms with E-state index < -0.39 is 11.9 Å². The van der Waals surface area contributed by atoms with E-state index in [9.17, 15) is 14.7 Å². The third-order valence-electron chi connectivity index (χ3n) is 5.37. The molecule has 1 amide bonds. The first kappa shape index (κ1) is 16.3. The first-order valence-electron chi connectivity index (χ1n) is 8.14. The fourth-order valence-electron chi connectivity index (χ4n) is 3.99. The summed E-state index contributed by atoms with van der Waals surface area (Å²) < 4.78 is 0. The van der Waals surface area contributed by atoms with Crippen molar-refractivity contribution in [3.05, 3.63) is 0 Å². The predicted octanol–water partition coefficient (Wildman–Crippen LogP) is 1.82. The Balaban J connectivity index is 1.94. The van der Waals surface area contributed by atoms with Crippen LogP contribution in [-0.2, 0) is 9.59 Å². The van der Waals surface area contributed by atoms with Crippen LogP contribution in [0.5, 0.6) is 0 Å². The predicted molar refractivity (Wildman–Crippen MR) is 81.0 cm³/mol. The molecule has 1 aliphatic heterocycles. The number of carbonyl (C=O) groups excluding carboxylic acids is 1. The Labute approximate surface area is 127 Å². The van der Waals surface area contributed by atoms with Gasteiger partial charge in [-0.25, -0.2) is 0 Å². The van der Waals surface area contributed by atoms with Crippen molar-refractivity contribution in [2.75, 3.05) is 20.1 Å². The van der Waals surface area contributed by atoms with Crippen LogP contribution in [0.15, 0.2) is 0 Å². The summed E-state index contributed by atoms with van der Waals surface area (Å²) in [5, 5.41) is 9.38. The van der Waals surface area contributed by atoms with Gasteiger partial charge in [-0.3, -0.25) is 9.59 Å². The third kappa shape index (κ3) is 3.57. The molecular weight excluding hydrogens is 268 g/mol. The lowest BCUT2D eigenvalue weighted by molar-refractivity contribution is -0.154. The highest BCUT2D eigenvalue weighted by Gasteiger charge is 2.41. The summed E-state index contributed by atoms with van der Waals surface area (Å²) >= 11 is 0. The van der Waals surface area contributed by atoms with Crippen LogP contribution in [0, 0.1) is 11.8 Å². The van der Waals surface area contributed by atoms with Crippen LogP contribution in [0.2, 0.25) is 0 Å². The molecule has 21 heavy (non-hydrogen) atoms. The number of piperidine rings is 1. The van der Waals surface area contributed by atoms with Crippen LogP contribution in [-0.4, -0.2) is 59.0 Å². The molecule has 120 valence electrons. The largest absolute Gasteiger partial charge is 0.481 e. The van der Waals surface area contributed by atoms with Crippen LogP contribution in [0.4, 0.5) is 0 Å². The smallest absolute Gasteiger partial charge is 0.308 e. The van der Waals surface area contributed by atoms with Crippen molar-refractivity contribution >= 4 is 11.9 Å². The van der Waals surface area contributed by atoms with E-state index in [-0.39, 0.29) is 17.9 Å². The molecule has 2 fully saturated rings. The topological polar surface area (TPSA) is 60.9 Å². The molecular formula is C16H28N2O3. The first-order valence-corrected chi connectivity index (χ1v) is 8.14. The monoisotopic (exact) mass is 296 g/mol. The molecule has 1 heterocycles. The summed E-state index contributed by atoms with van der Waals surface area (Å²) in [6.07, 6.45) is 5.44. The van der Waals surface area contributed by atoms with Gasteiger partial charge in [0.2, 0.25) is 5.91 Å². The number of rotatable bonds is 5. The zero-order valence-electron chi connectivity index (χ0n) is 13.4. The van der Waals surface area contributed by atoms with Gasteiger partial charge in [-0.1, -0.05) is 19.8 Å². The van der Waals surface area contributed by atoms with E-state index in [1.165, 1.54) is 25.7 Å². The van der Waals surface area contributed by atoms with Gasteiger partial charge in [-0.05, 0) is 32.7 Å². The number of carboxylic acids is 1. The number of amides is 1. The molecule has 2 rings (SSSR count). The Kier molecular flexibility index (Phi) is 5.25. The van der Waals surface area contributed by atoms with E-state index in [1.54, 1.807) is 4.90 Å². The molecule has 5 nitrogen and oxygen atoms in total. The Morgan fingerprint density at radius 3 is 2.52 bits per heavy atom. The Morgan fingerprint density at radius 1 is 1.33 bits per heavy atom. The fourth-order valence-corrected chi connectivity index (χ4v) is 3.99. The third-order valence-corrected chi connectivity index (χ3v) is 5.37. The maximum atomic E-state index is 12.2. The summed E-state index contributed by atoms with van der Waals surface area (Å²) in [6, 6.07) is 0.421. The Bertz CT molecular complexity index is 393. The quantitative estimate of drug-likeness (QED) is 0.840. The molecule has 0 spiro atoms. The summed E-state index contributed by atoms with van der Waals surface area (Å²) in [5.41, 5.74) is 0. The average molecular weight is 296 g/mol. The number of nitrogens with zero attached hydrogens (tertiary/aromatic N) is 2. The summed E-state index contributed by atoms with van der Waals surface area (Å²) in [7, 11) is 2.12. The van der Waals surface area contributed by atoms with Gasteiger partial charge in [0.05, 0.1) is 5.92 Å². The normalized spacial score (nSPS) is 31.1. The van der Waals surface area contributed by atoms with Crippen molar-refractivity contribution in [1.82, 2.24) is 9.80 Å². The van der Waals surface area contributed by atoms with Crippen LogP contribution < -0.4 is 0 Å². The van der Waals surface area contributed by atoms with E-state index in [2.05, 4.69) is 11.9 Å². The summed E-state index contributed by atoms with van der Waals surface area (Å²) in [6.45, 7) is 5.22. The van der Waals surface area contributed by atoms with Gasteiger partial charge < -0.3 is 14.9 Å². The molecule has 0 aromatic heterocycles. The summed E-state index contributed by atoms with van der Waals surface area (Å²) in [5.74, 6) is -1.20. The molecule has 0 aromatic carbocycles.